The van der Waals surface area contributed by atoms with Crippen LogP contribution < -0.4 is 0 Å². The molecular formula is C25H34N2O. The molecule has 0 aromatic carbocycles. The molecule has 0 bridgehead atoms. The number of likely N-dealkylation sites (tertiary alicyclic amines) is 1. The molecule has 1 amide bonds. The van der Waals surface area contributed by atoms with Crippen molar-refractivity contribution in [2.75, 3.05) is 6.54 Å². The molecule has 3 aliphatic carbocycles. The number of allylic oxidation sites excluding steroid dienone is 2. The third kappa shape index (κ3) is 2.47. The summed E-state index contributed by atoms with van der Waals surface area (Å²) in [6.07, 6.45) is 15.2. The Morgan fingerprint density at radius 1 is 1.18 bits per heavy atom. The van der Waals surface area contributed by atoms with Crippen LogP contribution in [0.2, 0.25) is 0 Å². The van der Waals surface area contributed by atoms with Crippen molar-refractivity contribution < 1.29 is 4.79 Å². The second kappa shape index (κ2) is 6.43. The number of fused-ring (bicyclic) bond motifs is 5. The summed E-state index contributed by atoms with van der Waals surface area (Å²) in [5.41, 5.74) is 3.48. The molecule has 4 aliphatic rings. The zero-order valence-corrected chi connectivity index (χ0v) is 17.7. The van der Waals surface area contributed by atoms with Crippen LogP contribution in [0.5, 0.6) is 0 Å². The van der Waals surface area contributed by atoms with Crippen molar-refractivity contribution in [3.8, 4) is 0 Å². The van der Waals surface area contributed by atoms with Crippen LogP contribution >= 0.6 is 0 Å². The predicted molar refractivity (Wildman–Crippen MR) is 112 cm³/mol. The minimum absolute atomic E-state index is 0.288. The zero-order valence-electron chi connectivity index (χ0n) is 17.7. The molecule has 0 N–H and O–H groups in total. The molecule has 1 aromatic rings. The normalized spacial score (nSPS) is 42.2. The van der Waals surface area contributed by atoms with Crippen LogP contribution in [-0.2, 0) is 4.79 Å². The van der Waals surface area contributed by atoms with Crippen LogP contribution in [0.4, 0.5) is 0 Å². The highest BCUT2D eigenvalue weighted by atomic mass is 16.2. The van der Waals surface area contributed by atoms with E-state index in [-0.39, 0.29) is 5.91 Å². The Balaban J connectivity index is 1.45. The van der Waals surface area contributed by atoms with E-state index in [1.54, 1.807) is 12.5 Å². The Bertz CT molecular complexity index is 802. The highest BCUT2D eigenvalue weighted by molar-refractivity contribution is 5.74. The Kier molecular flexibility index (Phi) is 4.23. The van der Waals surface area contributed by atoms with Gasteiger partial charge >= 0.3 is 0 Å². The maximum atomic E-state index is 12.3. The van der Waals surface area contributed by atoms with Gasteiger partial charge in [-0.25, -0.2) is 0 Å². The fourth-order valence-electron chi connectivity index (χ4n) is 8.00. The van der Waals surface area contributed by atoms with Gasteiger partial charge in [0.1, 0.15) is 0 Å². The number of amides is 1. The summed E-state index contributed by atoms with van der Waals surface area (Å²) in [5.74, 6) is 2.62. The average molecular weight is 379 g/mol. The van der Waals surface area contributed by atoms with E-state index in [9.17, 15) is 4.79 Å². The first kappa shape index (κ1) is 18.4. The van der Waals surface area contributed by atoms with E-state index in [1.165, 1.54) is 50.5 Å². The van der Waals surface area contributed by atoms with Gasteiger partial charge in [-0.1, -0.05) is 26.0 Å². The lowest BCUT2D eigenvalue weighted by Gasteiger charge is -2.62. The standard InChI is InChI=1S/C25H34N2O/c1-17(28)27-15-5-12-25(3)22-11-13-24(2)20(18-6-4-14-26-16-18)8-9-21(24)19(22)7-10-23(25)27/h4,6,8,14,16,19,21-23H,5,7,9-13,15H2,1-3H3/t19-,21-,22-,23?,24+,25+/m0/s1. The van der Waals surface area contributed by atoms with Gasteiger partial charge in [-0.15, -0.1) is 0 Å². The zero-order chi connectivity index (χ0) is 19.5. The summed E-state index contributed by atoms with van der Waals surface area (Å²) in [6.45, 7) is 7.80. The van der Waals surface area contributed by atoms with Crippen LogP contribution in [0, 0.1) is 28.6 Å². The maximum Gasteiger partial charge on any atom is 0.219 e. The van der Waals surface area contributed by atoms with Crippen LogP contribution in [0.25, 0.3) is 5.57 Å². The summed E-state index contributed by atoms with van der Waals surface area (Å²) in [6, 6.07) is 4.78. The molecule has 1 saturated heterocycles. The number of nitrogens with zero attached hydrogens (tertiary/aromatic N) is 2. The molecule has 1 aliphatic heterocycles. The number of rotatable bonds is 1. The molecule has 150 valence electrons. The highest BCUT2D eigenvalue weighted by Gasteiger charge is 2.59. The van der Waals surface area contributed by atoms with Gasteiger partial charge in [-0.05, 0) is 90.7 Å². The minimum atomic E-state index is 0.288. The number of piperidine rings is 1. The number of aromatic nitrogens is 1. The van der Waals surface area contributed by atoms with Gasteiger partial charge in [-0.2, -0.15) is 0 Å². The van der Waals surface area contributed by atoms with Gasteiger partial charge in [0.15, 0.2) is 0 Å². The fraction of sp³-hybridized carbons (Fsp3) is 0.680. The Hall–Kier alpha value is -1.64. The van der Waals surface area contributed by atoms with E-state index in [1.807, 2.05) is 6.20 Å². The topological polar surface area (TPSA) is 33.2 Å². The van der Waals surface area contributed by atoms with Gasteiger partial charge in [0.05, 0.1) is 0 Å². The smallest absolute Gasteiger partial charge is 0.219 e. The molecule has 1 aromatic heterocycles. The summed E-state index contributed by atoms with van der Waals surface area (Å²) in [5, 5.41) is 0. The molecule has 3 heteroatoms. The monoisotopic (exact) mass is 378 g/mol. The fourth-order valence-corrected chi connectivity index (χ4v) is 8.00. The number of carbonyl (C=O) groups is 1. The van der Waals surface area contributed by atoms with Crippen molar-refractivity contribution in [3.63, 3.8) is 0 Å². The molecule has 2 saturated carbocycles. The number of hydrogen-bond donors (Lipinski definition) is 0. The predicted octanol–water partition coefficient (Wildman–Crippen LogP) is 5.33. The van der Waals surface area contributed by atoms with Gasteiger partial charge in [0.2, 0.25) is 5.91 Å². The largest absolute Gasteiger partial charge is 0.339 e. The van der Waals surface area contributed by atoms with Crippen molar-refractivity contribution in [2.45, 2.75) is 71.8 Å². The molecular weight excluding hydrogens is 344 g/mol. The van der Waals surface area contributed by atoms with Gasteiger partial charge in [-0.3, -0.25) is 9.78 Å². The van der Waals surface area contributed by atoms with E-state index < -0.39 is 0 Å². The first-order chi connectivity index (χ1) is 13.4. The third-order valence-electron chi connectivity index (χ3n) is 9.27. The van der Waals surface area contributed by atoms with E-state index in [4.69, 9.17) is 0 Å². The Morgan fingerprint density at radius 3 is 2.79 bits per heavy atom. The molecule has 28 heavy (non-hydrogen) atoms. The molecule has 0 radical (unpaired) electrons. The van der Waals surface area contributed by atoms with Crippen LogP contribution in [-0.4, -0.2) is 28.4 Å². The highest BCUT2D eigenvalue weighted by Crippen LogP contribution is 2.66. The molecule has 1 unspecified atom stereocenters. The van der Waals surface area contributed by atoms with E-state index >= 15 is 0 Å². The quantitative estimate of drug-likeness (QED) is 0.662. The maximum absolute atomic E-state index is 12.3. The van der Waals surface area contributed by atoms with Gasteiger partial charge < -0.3 is 4.90 Å². The second-order valence-electron chi connectivity index (χ2n) is 10.3. The van der Waals surface area contributed by atoms with Gasteiger partial charge in [0, 0.05) is 31.9 Å². The number of hydrogen-bond acceptors (Lipinski definition) is 2. The summed E-state index contributed by atoms with van der Waals surface area (Å²) >= 11 is 0. The molecule has 0 spiro atoms. The molecule has 3 nitrogen and oxygen atoms in total. The molecule has 5 rings (SSSR count). The lowest BCUT2D eigenvalue weighted by molar-refractivity contribution is -0.151. The molecule has 3 fully saturated rings. The lowest BCUT2D eigenvalue weighted by Crippen LogP contribution is -2.61. The second-order valence-corrected chi connectivity index (χ2v) is 10.3. The molecule has 6 atom stereocenters. The Labute approximate surface area is 169 Å². The lowest BCUT2D eigenvalue weighted by atomic mass is 9.46. The van der Waals surface area contributed by atoms with E-state index in [0.717, 1.165) is 24.3 Å². The van der Waals surface area contributed by atoms with Crippen molar-refractivity contribution >= 4 is 11.5 Å². The molecule has 2 heterocycles. The van der Waals surface area contributed by atoms with Crippen molar-refractivity contribution in [1.82, 2.24) is 9.88 Å². The van der Waals surface area contributed by atoms with Crippen LogP contribution in [0.3, 0.4) is 0 Å². The van der Waals surface area contributed by atoms with Crippen molar-refractivity contribution in [2.24, 2.45) is 28.6 Å². The van der Waals surface area contributed by atoms with Gasteiger partial charge in [0.25, 0.3) is 0 Å². The first-order valence-corrected chi connectivity index (χ1v) is 11.3. The number of carbonyl (C=O) groups excluding carboxylic acids is 1. The Morgan fingerprint density at radius 2 is 2.04 bits per heavy atom. The SMILES string of the molecule is CC(=O)N1CCC[C@@]2(C)C1CC[C@@H]1[C@@H]2CC[C@]2(C)C(c3cccnc3)=CC[C@@H]12. The minimum Gasteiger partial charge on any atom is -0.339 e. The van der Waals surface area contributed by atoms with Crippen LogP contribution in [0.1, 0.15) is 71.3 Å². The van der Waals surface area contributed by atoms with E-state index in [0.29, 0.717) is 16.9 Å². The van der Waals surface area contributed by atoms with Crippen molar-refractivity contribution in [1.29, 1.82) is 0 Å². The van der Waals surface area contributed by atoms with E-state index in [2.05, 4.69) is 48.1 Å². The third-order valence-corrected chi connectivity index (χ3v) is 9.27. The van der Waals surface area contributed by atoms with Crippen molar-refractivity contribution in [3.05, 3.63) is 36.2 Å². The average Bonchev–Trinajstić information content (AvgIpc) is 3.04. The summed E-state index contributed by atoms with van der Waals surface area (Å²) in [4.78, 5) is 18.9. The summed E-state index contributed by atoms with van der Waals surface area (Å²) < 4.78 is 0. The number of pyridine rings is 1. The first-order valence-electron chi connectivity index (χ1n) is 11.3. The van der Waals surface area contributed by atoms with Crippen LogP contribution in [0.15, 0.2) is 30.6 Å². The summed E-state index contributed by atoms with van der Waals surface area (Å²) in [7, 11) is 0.